The van der Waals surface area contributed by atoms with Gasteiger partial charge in [0.1, 0.15) is 0 Å². The first-order chi connectivity index (χ1) is 11.7. The second-order valence-corrected chi connectivity index (χ2v) is 8.38. The summed E-state index contributed by atoms with van der Waals surface area (Å²) in [4.78, 5) is 14.5. The van der Waals surface area contributed by atoms with Gasteiger partial charge in [-0.15, -0.1) is 0 Å². The van der Waals surface area contributed by atoms with Gasteiger partial charge in [0.05, 0.1) is 0 Å². The van der Waals surface area contributed by atoms with Crippen molar-refractivity contribution in [2.45, 2.75) is 70.8 Å². The van der Waals surface area contributed by atoms with E-state index in [2.05, 4.69) is 22.5 Å². The van der Waals surface area contributed by atoms with Crippen molar-refractivity contribution in [3.05, 3.63) is 0 Å². The molecule has 2 aliphatic carbocycles. The number of hydrogen-bond acceptors (Lipinski definition) is 2. The Kier molecular flexibility index (Phi) is 6.37. The summed E-state index contributed by atoms with van der Waals surface area (Å²) in [6, 6.07) is 0.607. The SMILES string of the molecule is CCCCCNC(=O)C1CCN(C(=S)NC2CC3CCC2C3)CC1. The highest BCUT2D eigenvalue weighted by Crippen LogP contribution is 2.44. The third kappa shape index (κ3) is 4.41. The Morgan fingerprint density at radius 2 is 1.92 bits per heavy atom. The van der Waals surface area contributed by atoms with Crippen LogP contribution in [-0.4, -0.2) is 41.6 Å². The van der Waals surface area contributed by atoms with E-state index in [9.17, 15) is 4.79 Å². The molecule has 5 heteroatoms. The predicted molar refractivity (Wildman–Crippen MR) is 102 cm³/mol. The van der Waals surface area contributed by atoms with Gasteiger partial charge in [0.15, 0.2) is 5.11 Å². The fraction of sp³-hybridized carbons (Fsp3) is 0.895. The molecule has 1 saturated heterocycles. The summed E-state index contributed by atoms with van der Waals surface area (Å²) >= 11 is 5.64. The Hall–Kier alpha value is -0.840. The zero-order valence-electron chi connectivity index (χ0n) is 15.1. The molecule has 24 heavy (non-hydrogen) atoms. The number of fused-ring (bicyclic) bond motifs is 2. The summed E-state index contributed by atoms with van der Waals surface area (Å²) in [7, 11) is 0. The van der Waals surface area contributed by atoms with Gasteiger partial charge in [-0.25, -0.2) is 0 Å². The van der Waals surface area contributed by atoms with Crippen LogP contribution in [0.2, 0.25) is 0 Å². The van der Waals surface area contributed by atoms with E-state index in [0.29, 0.717) is 6.04 Å². The first kappa shape index (κ1) is 18.0. The maximum atomic E-state index is 12.2. The molecule has 2 saturated carbocycles. The topological polar surface area (TPSA) is 44.4 Å². The molecular formula is C19H33N3OS. The standard InChI is InChI=1S/C19H33N3OS/c1-2-3-4-9-20-18(23)15-7-10-22(11-8-15)19(24)21-17-13-14-5-6-16(17)12-14/h14-17H,2-13H2,1H3,(H,20,23)(H,21,24). The zero-order valence-corrected chi connectivity index (χ0v) is 15.9. The van der Waals surface area contributed by atoms with Gasteiger partial charge in [-0.1, -0.05) is 26.2 Å². The van der Waals surface area contributed by atoms with E-state index in [1.165, 1.54) is 38.5 Å². The van der Waals surface area contributed by atoms with Gasteiger partial charge < -0.3 is 15.5 Å². The van der Waals surface area contributed by atoms with Crippen LogP contribution in [0.5, 0.6) is 0 Å². The third-order valence-corrected chi connectivity index (χ3v) is 6.66. The number of carbonyl (C=O) groups excluding carboxylic acids is 1. The van der Waals surface area contributed by atoms with Gasteiger partial charge in [0.25, 0.3) is 0 Å². The van der Waals surface area contributed by atoms with Crippen molar-refractivity contribution in [1.29, 1.82) is 0 Å². The minimum absolute atomic E-state index is 0.174. The number of carbonyl (C=O) groups is 1. The number of piperidine rings is 1. The highest BCUT2D eigenvalue weighted by Gasteiger charge is 2.40. The average Bonchev–Trinajstić information content (AvgIpc) is 3.21. The van der Waals surface area contributed by atoms with Gasteiger partial charge in [-0.2, -0.15) is 0 Å². The Morgan fingerprint density at radius 1 is 1.12 bits per heavy atom. The minimum Gasteiger partial charge on any atom is -0.360 e. The molecule has 2 N–H and O–H groups in total. The van der Waals surface area contributed by atoms with E-state index >= 15 is 0 Å². The highest BCUT2D eigenvalue weighted by molar-refractivity contribution is 7.80. The number of amides is 1. The summed E-state index contributed by atoms with van der Waals surface area (Å²) in [6.07, 6.45) is 10.9. The fourth-order valence-corrected chi connectivity index (χ4v) is 5.08. The molecular weight excluding hydrogens is 318 g/mol. The summed E-state index contributed by atoms with van der Waals surface area (Å²) in [5.41, 5.74) is 0. The van der Waals surface area contributed by atoms with Crippen molar-refractivity contribution < 1.29 is 4.79 Å². The maximum Gasteiger partial charge on any atom is 0.223 e. The minimum atomic E-state index is 0.174. The molecule has 1 heterocycles. The Bertz CT molecular complexity index is 448. The summed E-state index contributed by atoms with van der Waals surface area (Å²) in [5, 5.41) is 7.66. The maximum absolute atomic E-state index is 12.2. The van der Waals surface area contributed by atoms with Crippen LogP contribution in [0, 0.1) is 17.8 Å². The second-order valence-electron chi connectivity index (χ2n) is 7.99. The van der Waals surface area contributed by atoms with Crippen molar-refractivity contribution in [2.24, 2.45) is 17.8 Å². The van der Waals surface area contributed by atoms with Crippen molar-refractivity contribution in [3.63, 3.8) is 0 Å². The molecule has 4 nitrogen and oxygen atoms in total. The van der Waals surface area contributed by atoms with E-state index in [-0.39, 0.29) is 11.8 Å². The predicted octanol–water partition coefficient (Wildman–Crippen LogP) is 3.07. The lowest BCUT2D eigenvalue weighted by atomic mass is 9.95. The van der Waals surface area contributed by atoms with Gasteiger partial charge in [-0.3, -0.25) is 4.79 Å². The summed E-state index contributed by atoms with van der Waals surface area (Å²) < 4.78 is 0. The molecule has 0 radical (unpaired) electrons. The van der Waals surface area contributed by atoms with Crippen LogP contribution in [0.15, 0.2) is 0 Å². The number of rotatable bonds is 6. The normalized spacial score (nSPS) is 29.7. The second kappa shape index (κ2) is 8.50. The lowest BCUT2D eigenvalue weighted by molar-refractivity contribution is -0.126. The molecule has 1 aliphatic heterocycles. The molecule has 2 bridgehead atoms. The van der Waals surface area contributed by atoms with E-state index in [4.69, 9.17) is 12.2 Å². The third-order valence-electron chi connectivity index (χ3n) is 6.28. The van der Waals surface area contributed by atoms with Crippen LogP contribution >= 0.6 is 12.2 Å². The number of likely N-dealkylation sites (tertiary alicyclic amines) is 1. The number of nitrogens with one attached hydrogen (secondary N) is 2. The van der Waals surface area contributed by atoms with Gasteiger partial charge >= 0.3 is 0 Å². The lowest BCUT2D eigenvalue weighted by Gasteiger charge is -2.35. The molecule has 3 aliphatic rings. The molecule has 0 aromatic carbocycles. The van der Waals surface area contributed by atoms with E-state index in [0.717, 1.165) is 55.8 Å². The monoisotopic (exact) mass is 351 g/mol. The molecule has 0 spiro atoms. The Morgan fingerprint density at radius 3 is 2.54 bits per heavy atom. The van der Waals surface area contributed by atoms with Crippen molar-refractivity contribution in [2.75, 3.05) is 19.6 Å². The van der Waals surface area contributed by atoms with Crippen LogP contribution in [0.25, 0.3) is 0 Å². The van der Waals surface area contributed by atoms with E-state index in [1.807, 2.05) is 0 Å². The van der Waals surface area contributed by atoms with Gasteiger partial charge in [0.2, 0.25) is 5.91 Å². The van der Waals surface area contributed by atoms with Crippen LogP contribution in [0.1, 0.15) is 64.7 Å². The molecule has 0 aromatic rings. The smallest absolute Gasteiger partial charge is 0.223 e. The molecule has 3 atom stereocenters. The first-order valence-corrected chi connectivity index (χ1v) is 10.4. The van der Waals surface area contributed by atoms with Crippen LogP contribution < -0.4 is 10.6 Å². The van der Waals surface area contributed by atoms with E-state index < -0.39 is 0 Å². The Balaban J connectivity index is 1.35. The van der Waals surface area contributed by atoms with Gasteiger partial charge in [0, 0.05) is 31.6 Å². The Labute approximate surface area is 152 Å². The number of nitrogens with zero attached hydrogens (tertiary/aromatic N) is 1. The quantitative estimate of drug-likeness (QED) is 0.570. The van der Waals surface area contributed by atoms with Crippen LogP contribution in [0.3, 0.4) is 0 Å². The first-order valence-electron chi connectivity index (χ1n) is 10.0. The molecule has 1 amide bonds. The number of thiocarbonyl (C=S) groups is 1. The number of unbranched alkanes of at least 4 members (excludes halogenated alkanes) is 2. The van der Waals surface area contributed by atoms with Crippen molar-refractivity contribution in [1.82, 2.24) is 15.5 Å². The molecule has 3 fully saturated rings. The molecule has 0 aromatic heterocycles. The van der Waals surface area contributed by atoms with Crippen molar-refractivity contribution >= 4 is 23.2 Å². The summed E-state index contributed by atoms with van der Waals surface area (Å²) in [6.45, 7) is 4.85. The van der Waals surface area contributed by atoms with Gasteiger partial charge in [-0.05, 0) is 62.6 Å². The molecule has 3 rings (SSSR count). The number of hydrogen-bond donors (Lipinski definition) is 2. The van der Waals surface area contributed by atoms with Crippen LogP contribution in [0.4, 0.5) is 0 Å². The largest absolute Gasteiger partial charge is 0.360 e. The van der Waals surface area contributed by atoms with Crippen LogP contribution in [-0.2, 0) is 4.79 Å². The summed E-state index contributed by atoms with van der Waals surface area (Å²) in [5.74, 6) is 2.21. The van der Waals surface area contributed by atoms with Crippen molar-refractivity contribution in [3.8, 4) is 0 Å². The zero-order chi connectivity index (χ0) is 16.9. The fourth-order valence-electron chi connectivity index (χ4n) is 4.75. The average molecular weight is 352 g/mol. The lowest BCUT2D eigenvalue weighted by Crippen LogP contribution is -2.50. The molecule has 3 unspecified atom stereocenters. The highest BCUT2D eigenvalue weighted by atomic mass is 32.1. The van der Waals surface area contributed by atoms with E-state index in [1.54, 1.807) is 0 Å². The molecule has 136 valence electrons.